The molecule has 0 aliphatic carbocycles. The van der Waals surface area contributed by atoms with E-state index in [1.54, 1.807) is 0 Å². The molecule has 0 radical (unpaired) electrons. The third-order valence-electron chi connectivity index (χ3n) is 4.05. The number of nitrogens with one attached hydrogen (secondary N) is 1. The number of carbonyl (C=O) groups excluding carboxylic acids is 2. The van der Waals surface area contributed by atoms with Crippen molar-refractivity contribution >= 4 is 11.6 Å². The molecule has 2 aromatic rings. The van der Waals surface area contributed by atoms with Crippen molar-refractivity contribution in [2.24, 2.45) is 0 Å². The molecule has 1 atom stereocenters. The van der Waals surface area contributed by atoms with E-state index in [-0.39, 0.29) is 17.6 Å². The van der Waals surface area contributed by atoms with Crippen LogP contribution in [0.15, 0.2) is 30.3 Å². The Labute approximate surface area is 130 Å². The number of quaternary nitrogens is 1. The van der Waals surface area contributed by atoms with Gasteiger partial charge in [0.25, 0.3) is 0 Å². The molecule has 3 N–H and O–H groups in total. The maximum atomic E-state index is 12.4. The van der Waals surface area contributed by atoms with Crippen molar-refractivity contribution in [2.75, 3.05) is 6.54 Å². The van der Waals surface area contributed by atoms with Crippen LogP contribution in [0.25, 0.3) is 0 Å². The number of H-pyrrole nitrogens is 1. The zero-order chi connectivity index (χ0) is 16.3. The Morgan fingerprint density at radius 3 is 2.36 bits per heavy atom. The molecule has 2 rings (SSSR count). The first kappa shape index (κ1) is 16.2. The molecule has 4 heteroatoms. The third-order valence-corrected chi connectivity index (χ3v) is 4.05. The number of aromatic nitrogens is 1. The van der Waals surface area contributed by atoms with Gasteiger partial charge < -0.3 is 10.3 Å². The van der Waals surface area contributed by atoms with E-state index in [1.165, 1.54) is 12.5 Å². The Kier molecular flexibility index (Phi) is 4.93. The summed E-state index contributed by atoms with van der Waals surface area (Å²) in [5.74, 6) is 0.0165. The highest BCUT2D eigenvalue weighted by molar-refractivity contribution is 6.03. The third kappa shape index (κ3) is 3.34. The van der Waals surface area contributed by atoms with Crippen LogP contribution < -0.4 is 5.32 Å². The van der Waals surface area contributed by atoms with Crippen LogP contribution in [-0.4, -0.2) is 23.1 Å². The number of hydrogen-bond acceptors (Lipinski definition) is 2. The topological polar surface area (TPSA) is 66.5 Å². The summed E-state index contributed by atoms with van der Waals surface area (Å²) in [5, 5.41) is 2.01. The number of rotatable bonds is 6. The molecular weight excluding hydrogens is 276 g/mol. The molecule has 0 amide bonds. The van der Waals surface area contributed by atoms with Crippen LogP contribution >= 0.6 is 0 Å². The highest BCUT2D eigenvalue weighted by Gasteiger charge is 2.21. The lowest BCUT2D eigenvalue weighted by molar-refractivity contribution is -0.681. The van der Waals surface area contributed by atoms with Gasteiger partial charge in [-0.25, -0.2) is 0 Å². The minimum atomic E-state index is -0.00747. The van der Waals surface area contributed by atoms with E-state index in [0.29, 0.717) is 17.8 Å². The molecule has 0 saturated carbocycles. The van der Waals surface area contributed by atoms with E-state index in [1.807, 2.05) is 37.4 Å². The van der Waals surface area contributed by atoms with Crippen molar-refractivity contribution in [3.63, 3.8) is 0 Å². The van der Waals surface area contributed by atoms with Crippen molar-refractivity contribution < 1.29 is 14.9 Å². The van der Waals surface area contributed by atoms with Crippen LogP contribution in [0.5, 0.6) is 0 Å². The van der Waals surface area contributed by atoms with Gasteiger partial charge in [-0.15, -0.1) is 0 Å². The van der Waals surface area contributed by atoms with Crippen LogP contribution in [0.4, 0.5) is 0 Å². The molecule has 0 bridgehead atoms. The smallest absolute Gasteiger partial charge is 0.233 e. The summed E-state index contributed by atoms with van der Waals surface area (Å²) in [6, 6.07) is 10.3. The summed E-state index contributed by atoms with van der Waals surface area (Å²) in [4.78, 5) is 27.1. The molecule has 0 spiro atoms. The van der Waals surface area contributed by atoms with Gasteiger partial charge in [-0.05, 0) is 33.3 Å². The molecule has 0 saturated heterocycles. The summed E-state index contributed by atoms with van der Waals surface area (Å²) < 4.78 is 0. The van der Waals surface area contributed by atoms with E-state index in [2.05, 4.69) is 24.0 Å². The Morgan fingerprint density at radius 1 is 1.18 bits per heavy atom. The van der Waals surface area contributed by atoms with E-state index in [4.69, 9.17) is 0 Å². The Morgan fingerprint density at radius 2 is 1.82 bits per heavy atom. The molecule has 1 heterocycles. The lowest BCUT2D eigenvalue weighted by Gasteiger charge is -2.10. The first-order valence-corrected chi connectivity index (χ1v) is 7.53. The normalized spacial score (nSPS) is 12.2. The van der Waals surface area contributed by atoms with E-state index in [0.717, 1.165) is 11.3 Å². The monoisotopic (exact) mass is 299 g/mol. The van der Waals surface area contributed by atoms with Crippen LogP contribution in [-0.2, 0) is 0 Å². The fourth-order valence-electron chi connectivity index (χ4n) is 2.84. The largest absolute Gasteiger partial charge is 0.355 e. The number of nitrogens with two attached hydrogens (primary N) is 1. The van der Waals surface area contributed by atoms with E-state index < -0.39 is 0 Å². The Bertz CT molecular complexity index is 687. The summed E-state index contributed by atoms with van der Waals surface area (Å²) >= 11 is 0. The molecular formula is C18H23N2O2+. The van der Waals surface area contributed by atoms with Gasteiger partial charge >= 0.3 is 0 Å². The SMILES string of the molecule is CC(=O)c1c(C)[nH]c(C(=O)C[NH2+][C@H](C)c2ccccc2)c1C. The van der Waals surface area contributed by atoms with Gasteiger partial charge in [-0.3, -0.25) is 9.59 Å². The van der Waals surface area contributed by atoms with E-state index >= 15 is 0 Å². The van der Waals surface area contributed by atoms with Gasteiger partial charge in [0.2, 0.25) is 5.78 Å². The van der Waals surface area contributed by atoms with Gasteiger partial charge in [0.1, 0.15) is 12.6 Å². The number of Topliss-reactive ketones (excluding diaryl/α,β-unsaturated/α-hetero) is 2. The fourth-order valence-corrected chi connectivity index (χ4v) is 2.84. The highest BCUT2D eigenvalue weighted by atomic mass is 16.1. The fraction of sp³-hybridized carbons (Fsp3) is 0.333. The second kappa shape index (κ2) is 6.71. The summed E-state index contributed by atoms with van der Waals surface area (Å²) in [6.07, 6.45) is 0. The van der Waals surface area contributed by atoms with Crippen LogP contribution in [0.2, 0.25) is 0 Å². The zero-order valence-corrected chi connectivity index (χ0v) is 13.6. The second-order valence-electron chi connectivity index (χ2n) is 5.74. The molecule has 1 aromatic carbocycles. The predicted molar refractivity (Wildman–Crippen MR) is 86.3 cm³/mol. The maximum Gasteiger partial charge on any atom is 0.233 e. The first-order chi connectivity index (χ1) is 10.4. The number of benzene rings is 1. The number of aromatic amines is 1. The maximum absolute atomic E-state index is 12.4. The molecule has 4 nitrogen and oxygen atoms in total. The molecule has 116 valence electrons. The zero-order valence-electron chi connectivity index (χ0n) is 13.6. The molecule has 0 unspecified atom stereocenters. The lowest BCUT2D eigenvalue weighted by Crippen LogP contribution is -2.86. The molecule has 22 heavy (non-hydrogen) atoms. The second-order valence-corrected chi connectivity index (χ2v) is 5.74. The Balaban J connectivity index is 2.07. The molecule has 1 aromatic heterocycles. The van der Waals surface area contributed by atoms with E-state index in [9.17, 15) is 9.59 Å². The van der Waals surface area contributed by atoms with Gasteiger partial charge in [-0.1, -0.05) is 30.3 Å². The van der Waals surface area contributed by atoms with Gasteiger partial charge in [-0.2, -0.15) is 0 Å². The Hall–Kier alpha value is -2.20. The molecule has 0 fully saturated rings. The number of ketones is 2. The quantitative estimate of drug-likeness (QED) is 0.804. The predicted octanol–water partition coefficient (Wildman–Crippen LogP) is 2.34. The van der Waals surface area contributed by atoms with Crippen molar-refractivity contribution in [3.05, 3.63) is 58.4 Å². The lowest BCUT2D eigenvalue weighted by atomic mass is 10.0. The van der Waals surface area contributed by atoms with Crippen LogP contribution in [0.3, 0.4) is 0 Å². The van der Waals surface area contributed by atoms with Crippen molar-refractivity contribution in [2.45, 2.75) is 33.7 Å². The average molecular weight is 299 g/mol. The summed E-state index contributed by atoms with van der Waals surface area (Å²) in [6.45, 7) is 7.62. The minimum absolute atomic E-state index is 0.00747. The van der Waals surface area contributed by atoms with Crippen LogP contribution in [0, 0.1) is 13.8 Å². The molecule has 0 aliphatic rings. The number of carbonyl (C=O) groups is 2. The van der Waals surface area contributed by atoms with Crippen LogP contribution in [0.1, 0.15) is 57.6 Å². The standard InChI is InChI=1S/C18H22N2O2/c1-11-17(14(4)21)13(3)20-18(11)16(22)10-19-12(2)15-8-6-5-7-9-15/h5-9,12,19-20H,10H2,1-4H3/p+1/t12-/m1/s1. The number of hydrogen-bond donors (Lipinski definition) is 2. The average Bonchev–Trinajstić information content (AvgIpc) is 2.80. The highest BCUT2D eigenvalue weighted by Crippen LogP contribution is 2.18. The van der Waals surface area contributed by atoms with Gasteiger partial charge in [0.05, 0.1) is 5.69 Å². The van der Waals surface area contributed by atoms with Gasteiger partial charge in [0, 0.05) is 16.8 Å². The van der Waals surface area contributed by atoms with Crippen molar-refractivity contribution in [3.8, 4) is 0 Å². The minimum Gasteiger partial charge on any atom is -0.355 e. The van der Waals surface area contributed by atoms with Crippen molar-refractivity contribution in [1.29, 1.82) is 0 Å². The summed E-state index contributed by atoms with van der Waals surface area (Å²) in [7, 11) is 0. The van der Waals surface area contributed by atoms with Gasteiger partial charge in [0.15, 0.2) is 5.78 Å². The number of aryl methyl sites for hydroxylation is 1. The first-order valence-electron chi connectivity index (χ1n) is 7.53. The van der Waals surface area contributed by atoms with Crippen molar-refractivity contribution in [1.82, 2.24) is 4.98 Å². The molecule has 0 aliphatic heterocycles. The summed E-state index contributed by atoms with van der Waals surface area (Å²) in [5.41, 5.74) is 3.91.